The largest absolute Gasteiger partial charge is 0.504 e. The molecule has 0 aromatic carbocycles. The minimum Gasteiger partial charge on any atom is -0.504 e. The van der Waals surface area contributed by atoms with Crippen LogP contribution in [0.5, 0.6) is 0 Å². The van der Waals surface area contributed by atoms with E-state index in [0.717, 1.165) is 49.7 Å². The number of carbonyl (C=O) groups is 1. The molecule has 3 fully saturated rings. The van der Waals surface area contributed by atoms with Crippen LogP contribution in [0.25, 0.3) is 0 Å². The molecule has 0 heterocycles. The van der Waals surface area contributed by atoms with Crippen molar-refractivity contribution in [1.82, 2.24) is 0 Å². The van der Waals surface area contributed by atoms with Crippen LogP contribution in [-0.4, -0.2) is 16.1 Å². The first kappa shape index (κ1) is 25.9. The van der Waals surface area contributed by atoms with Gasteiger partial charge in [0.05, 0.1) is 11.5 Å². The molecular formula is C32H43NO2S. The fourth-order valence-corrected chi connectivity index (χ4v) is 9.81. The third-order valence-electron chi connectivity index (χ3n) is 12.1. The van der Waals surface area contributed by atoms with Crippen molar-refractivity contribution < 1.29 is 9.90 Å². The number of ketones is 1. The smallest absolute Gasteiger partial charge is 0.220 e. The van der Waals surface area contributed by atoms with Gasteiger partial charge in [0.2, 0.25) is 5.78 Å². The zero-order valence-corrected chi connectivity index (χ0v) is 24.1. The van der Waals surface area contributed by atoms with Gasteiger partial charge in [-0.1, -0.05) is 52.3 Å². The van der Waals surface area contributed by atoms with Gasteiger partial charge in [-0.15, -0.1) is 0 Å². The summed E-state index contributed by atoms with van der Waals surface area (Å²) >= 11 is 4.72. The molecule has 8 atom stereocenters. The number of thiol groups is 1. The van der Waals surface area contributed by atoms with Crippen molar-refractivity contribution in [2.75, 3.05) is 0 Å². The van der Waals surface area contributed by atoms with Crippen molar-refractivity contribution >= 4 is 18.4 Å². The summed E-state index contributed by atoms with van der Waals surface area (Å²) in [5.41, 5.74) is 4.03. The zero-order chi connectivity index (χ0) is 26.5. The Bertz CT molecular complexity index is 1200. The molecular weight excluding hydrogens is 462 g/mol. The second kappa shape index (κ2) is 7.89. The summed E-state index contributed by atoms with van der Waals surface area (Å²) in [6.45, 7) is 16.1. The van der Waals surface area contributed by atoms with E-state index in [0.29, 0.717) is 22.7 Å². The van der Waals surface area contributed by atoms with Gasteiger partial charge in [0, 0.05) is 11.0 Å². The molecule has 2 unspecified atom stereocenters. The number of nitriles is 1. The number of rotatable bonds is 2. The third-order valence-corrected chi connectivity index (χ3v) is 12.3. The molecule has 4 heteroatoms. The lowest BCUT2D eigenvalue weighted by Gasteiger charge is -2.70. The standard InChI is InChI=1S/C32H43NO2S/c1-19(36)14-21-16-28(3)10-12-31(6)25-9-8-22-20(2)27(35)24(34)15-23(22)30(25,5)11-13-32(31,7)26(28)17-29(21,4)18-33/h8-9,15,19,21,26,35-36H,10-14,16-17H2,1-7H3/t19?,21?,26-,28+,29-,30+,31-,32+/m1/s1. The molecule has 36 heavy (non-hydrogen) atoms. The second-order valence-corrected chi connectivity index (χ2v) is 14.9. The van der Waals surface area contributed by atoms with Crippen molar-refractivity contribution in [3.8, 4) is 6.07 Å². The molecule has 0 saturated heterocycles. The van der Waals surface area contributed by atoms with Gasteiger partial charge in [0.25, 0.3) is 0 Å². The summed E-state index contributed by atoms with van der Waals surface area (Å²) in [5.74, 6) is 0.480. The lowest BCUT2D eigenvalue weighted by molar-refractivity contribution is -0.168. The number of fused-ring (bicyclic) bond motifs is 7. The highest BCUT2D eigenvalue weighted by Crippen LogP contribution is 2.76. The molecule has 0 aromatic heterocycles. The van der Waals surface area contributed by atoms with Crippen molar-refractivity contribution in [1.29, 1.82) is 5.26 Å². The average Bonchev–Trinajstić information content (AvgIpc) is 2.81. The normalized spacial score (nSPS) is 46.8. The van der Waals surface area contributed by atoms with E-state index in [9.17, 15) is 15.2 Å². The number of carbonyl (C=O) groups excluding carboxylic acids is 1. The Hall–Kier alpha value is -1.73. The van der Waals surface area contributed by atoms with Gasteiger partial charge in [-0.25, -0.2) is 0 Å². The van der Waals surface area contributed by atoms with Gasteiger partial charge in [-0.2, -0.15) is 17.9 Å². The van der Waals surface area contributed by atoms with E-state index >= 15 is 0 Å². The maximum Gasteiger partial charge on any atom is 0.220 e. The van der Waals surface area contributed by atoms with Gasteiger partial charge in [-0.05, 0) is 109 Å². The lowest BCUT2D eigenvalue weighted by Crippen LogP contribution is -2.62. The van der Waals surface area contributed by atoms with Crippen LogP contribution in [0.4, 0.5) is 0 Å². The Morgan fingerprint density at radius 1 is 1.11 bits per heavy atom. The van der Waals surface area contributed by atoms with E-state index in [-0.39, 0.29) is 38.6 Å². The fraction of sp³-hybridized carbons (Fsp3) is 0.688. The molecule has 0 spiro atoms. The summed E-state index contributed by atoms with van der Waals surface area (Å²) in [5, 5.41) is 21.1. The molecule has 0 bridgehead atoms. The summed E-state index contributed by atoms with van der Waals surface area (Å²) in [6, 6.07) is 2.79. The SMILES string of the molecule is CC1=C(O)C(=O)C=C2C1=CC=C1[C@@]2(C)CC[C@@]2(C)[C@@H]3C[C@](C)(C#N)C(CC(C)S)C[C@]3(C)CC[C@]12C. The van der Waals surface area contributed by atoms with Crippen LogP contribution in [-0.2, 0) is 4.79 Å². The zero-order valence-electron chi connectivity index (χ0n) is 23.2. The van der Waals surface area contributed by atoms with E-state index in [4.69, 9.17) is 12.6 Å². The molecule has 0 aliphatic heterocycles. The molecule has 0 aromatic rings. The Morgan fingerprint density at radius 2 is 1.81 bits per heavy atom. The maximum atomic E-state index is 12.7. The third kappa shape index (κ3) is 3.20. The first-order valence-corrected chi connectivity index (χ1v) is 14.4. The molecule has 5 aliphatic carbocycles. The van der Waals surface area contributed by atoms with Gasteiger partial charge < -0.3 is 5.11 Å². The van der Waals surface area contributed by atoms with Crippen LogP contribution < -0.4 is 0 Å². The summed E-state index contributed by atoms with van der Waals surface area (Å²) < 4.78 is 0. The van der Waals surface area contributed by atoms with Crippen LogP contribution in [0.15, 0.2) is 46.3 Å². The average molecular weight is 506 g/mol. The quantitative estimate of drug-likeness (QED) is 0.373. The molecule has 5 rings (SSSR count). The van der Waals surface area contributed by atoms with Gasteiger partial charge in [0.15, 0.2) is 5.76 Å². The van der Waals surface area contributed by atoms with Gasteiger partial charge in [-0.3, -0.25) is 4.79 Å². The van der Waals surface area contributed by atoms with E-state index in [1.165, 1.54) is 12.0 Å². The van der Waals surface area contributed by atoms with Gasteiger partial charge in [0.1, 0.15) is 0 Å². The summed E-state index contributed by atoms with van der Waals surface area (Å²) in [7, 11) is 0. The van der Waals surface area contributed by atoms with Crippen molar-refractivity contribution in [3.63, 3.8) is 0 Å². The van der Waals surface area contributed by atoms with E-state index in [1.807, 2.05) is 6.92 Å². The molecule has 3 nitrogen and oxygen atoms in total. The van der Waals surface area contributed by atoms with Crippen LogP contribution >= 0.6 is 12.6 Å². The Morgan fingerprint density at radius 3 is 2.44 bits per heavy atom. The first-order valence-electron chi connectivity index (χ1n) is 13.8. The Balaban J connectivity index is 1.60. The van der Waals surface area contributed by atoms with Crippen molar-refractivity contribution in [3.05, 3.63) is 46.3 Å². The summed E-state index contributed by atoms with van der Waals surface area (Å²) in [6.07, 6.45) is 13.6. The molecule has 3 saturated carbocycles. The number of aliphatic hydroxyl groups is 1. The fourth-order valence-electron chi connectivity index (χ4n) is 9.56. The predicted molar refractivity (Wildman–Crippen MR) is 148 cm³/mol. The van der Waals surface area contributed by atoms with E-state index in [1.54, 1.807) is 6.08 Å². The molecule has 0 radical (unpaired) electrons. The summed E-state index contributed by atoms with van der Waals surface area (Å²) in [4.78, 5) is 12.7. The number of hydrogen-bond acceptors (Lipinski definition) is 4. The number of hydrogen-bond donors (Lipinski definition) is 2. The lowest BCUT2D eigenvalue weighted by atomic mass is 9.33. The first-order chi connectivity index (χ1) is 16.7. The highest BCUT2D eigenvalue weighted by atomic mass is 32.1. The number of nitrogens with zero attached hydrogens (tertiary/aromatic N) is 1. The molecule has 194 valence electrons. The Labute approximate surface area is 223 Å². The minimum atomic E-state index is -0.324. The van der Waals surface area contributed by atoms with E-state index in [2.05, 4.69) is 59.8 Å². The van der Waals surface area contributed by atoms with Crippen LogP contribution in [0.1, 0.15) is 93.4 Å². The molecule has 1 N–H and O–H groups in total. The minimum absolute atomic E-state index is 0.00670. The van der Waals surface area contributed by atoms with Crippen LogP contribution in [0.2, 0.25) is 0 Å². The number of allylic oxidation sites excluding steroid dienone is 7. The maximum absolute atomic E-state index is 12.7. The van der Waals surface area contributed by atoms with Crippen LogP contribution in [0, 0.1) is 50.2 Å². The van der Waals surface area contributed by atoms with Crippen molar-refractivity contribution in [2.24, 2.45) is 38.9 Å². The highest BCUT2D eigenvalue weighted by molar-refractivity contribution is 7.80. The topological polar surface area (TPSA) is 61.1 Å². The molecule has 5 aliphatic rings. The van der Waals surface area contributed by atoms with E-state index < -0.39 is 0 Å². The molecule has 0 amide bonds. The van der Waals surface area contributed by atoms with Gasteiger partial charge >= 0.3 is 0 Å². The Kier molecular flexibility index (Phi) is 5.68. The second-order valence-electron chi connectivity index (χ2n) is 14.1. The number of aliphatic hydroxyl groups excluding tert-OH is 1. The van der Waals surface area contributed by atoms with Crippen molar-refractivity contribution in [2.45, 2.75) is 98.7 Å². The van der Waals surface area contributed by atoms with Crippen LogP contribution in [0.3, 0.4) is 0 Å². The highest BCUT2D eigenvalue weighted by Gasteiger charge is 2.67. The predicted octanol–water partition coefficient (Wildman–Crippen LogP) is 8.07. The monoisotopic (exact) mass is 505 g/mol.